The highest BCUT2D eigenvalue weighted by Crippen LogP contribution is 2.19. The molecule has 0 radical (unpaired) electrons. The lowest BCUT2D eigenvalue weighted by Gasteiger charge is -2.13. The van der Waals surface area contributed by atoms with Crippen LogP contribution in [0, 0.1) is 0 Å². The van der Waals surface area contributed by atoms with Crippen molar-refractivity contribution in [1.29, 1.82) is 0 Å². The van der Waals surface area contributed by atoms with E-state index in [1.807, 2.05) is 0 Å². The summed E-state index contributed by atoms with van der Waals surface area (Å²) in [6.45, 7) is 0.803. The first-order valence-corrected chi connectivity index (χ1v) is 6.67. The van der Waals surface area contributed by atoms with Crippen molar-refractivity contribution in [1.82, 2.24) is 10.6 Å². The van der Waals surface area contributed by atoms with Crippen molar-refractivity contribution in [3.8, 4) is 0 Å². The first-order chi connectivity index (χ1) is 9.18. The molecule has 19 heavy (non-hydrogen) atoms. The molecule has 0 heterocycles. The molecular weight excluding hydrogens is 248 g/mol. The van der Waals surface area contributed by atoms with Gasteiger partial charge in [-0.15, -0.1) is 0 Å². The summed E-state index contributed by atoms with van der Waals surface area (Å²) >= 11 is 0. The molecule has 108 valence electrons. The zero-order valence-corrected chi connectivity index (χ0v) is 11.1. The second kappa shape index (κ2) is 9.38. The van der Waals surface area contributed by atoms with Gasteiger partial charge in [-0.3, -0.25) is 0 Å². The monoisotopic (exact) mass is 270 g/mol. The maximum absolute atomic E-state index is 11.4. The molecule has 2 amide bonds. The largest absolute Gasteiger partial charge is 0.480 e. The van der Waals surface area contributed by atoms with Crippen molar-refractivity contribution in [2.24, 2.45) is 0 Å². The van der Waals surface area contributed by atoms with Crippen LogP contribution in [0.15, 0.2) is 11.6 Å². The third-order valence-electron chi connectivity index (χ3n) is 2.87. The molecule has 0 bridgehead atoms. The van der Waals surface area contributed by atoms with Crippen molar-refractivity contribution >= 4 is 12.0 Å². The number of rotatable bonds is 8. The van der Waals surface area contributed by atoms with Gasteiger partial charge in [0.05, 0.1) is 6.61 Å². The van der Waals surface area contributed by atoms with Crippen LogP contribution in [0.25, 0.3) is 0 Å². The van der Waals surface area contributed by atoms with E-state index in [1.54, 1.807) is 0 Å². The molecule has 0 aliphatic heterocycles. The van der Waals surface area contributed by atoms with Crippen LogP contribution in [-0.2, 0) is 9.53 Å². The van der Waals surface area contributed by atoms with Crippen LogP contribution in [0.2, 0.25) is 0 Å². The molecule has 0 aromatic rings. The molecule has 0 fully saturated rings. The topological polar surface area (TPSA) is 87.7 Å². The molecule has 1 rings (SSSR count). The van der Waals surface area contributed by atoms with E-state index >= 15 is 0 Å². The minimum Gasteiger partial charge on any atom is -0.480 e. The minimum absolute atomic E-state index is 0.199. The van der Waals surface area contributed by atoms with Crippen molar-refractivity contribution in [3.63, 3.8) is 0 Å². The van der Waals surface area contributed by atoms with Gasteiger partial charge in [-0.05, 0) is 32.1 Å². The van der Waals surface area contributed by atoms with Crippen molar-refractivity contribution < 1.29 is 19.4 Å². The van der Waals surface area contributed by atoms with E-state index in [0.717, 1.165) is 19.3 Å². The summed E-state index contributed by atoms with van der Waals surface area (Å²) in [5.41, 5.74) is 1.43. The number of carbonyl (C=O) groups is 2. The number of hydrogen-bond acceptors (Lipinski definition) is 3. The summed E-state index contributed by atoms with van der Waals surface area (Å²) in [5.74, 6) is -1.01. The molecule has 0 aromatic carbocycles. The highest BCUT2D eigenvalue weighted by molar-refractivity contribution is 5.73. The van der Waals surface area contributed by atoms with Crippen LogP contribution in [0.3, 0.4) is 0 Å². The van der Waals surface area contributed by atoms with Gasteiger partial charge in [-0.25, -0.2) is 9.59 Å². The van der Waals surface area contributed by atoms with Gasteiger partial charge in [-0.2, -0.15) is 0 Å². The van der Waals surface area contributed by atoms with Crippen molar-refractivity contribution in [3.05, 3.63) is 11.6 Å². The van der Waals surface area contributed by atoms with E-state index in [2.05, 4.69) is 16.7 Å². The Bertz CT molecular complexity index is 329. The SMILES string of the molecule is O=C(O)COCCNC(=O)NCCC1=CCCCC1. The molecule has 0 atom stereocenters. The second-order valence-corrected chi connectivity index (χ2v) is 4.49. The number of allylic oxidation sites excluding steroid dienone is 1. The molecule has 6 heteroatoms. The summed E-state index contributed by atoms with van der Waals surface area (Å²) in [6.07, 6.45) is 7.99. The van der Waals surface area contributed by atoms with Gasteiger partial charge >= 0.3 is 12.0 Å². The maximum atomic E-state index is 11.4. The Labute approximate surface area is 113 Å². The highest BCUT2D eigenvalue weighted by Gasteiger charge is 2.04. The minimum atomic E-state index is -1.01. The molecular formula is C13H22N2O4. The number of aliphatic carboxylic acids is 1. The van der Waals surface area contributed by atoms with E-state index in [-0.39, 0.29) is 19.2 Å². The first-order valence-electron chi connectivity index (χ1n) is 6.67. The standard InChI is InChI=1S/C13H22N2O4/c16-12(17)10-19-9-8-15-13(18)14-7-6-11-4-2-1-3-5-11/h4H,1-3,5-10H2,(H,16,17)(H2,14,15,18). The van der Waals surface area contributed by atoms with Gasteiger partial charge in [0.15, 0.2) is 0 Å². The molecule has 1 aliphatic carbocycles. The Morgan fingerprint density at radius 2 is 2.05 bits per heavy atom. The molecule has 0 spiro atoms. The Morgan fingerprint density at radius 1 is 1.26 bits per heavy atom. The fourth-order valence-corrected chi connectivity index (χ4v) is 1.93. The molecule has 0 saturated carbocycles. The Kier molecular flexibility index (Phi) is 7.65. The Balaban J connectivity index is 1.95. The summed E-state index contributed by atoms with van der Waals surface area (Å²) in [6, 6.07) is -0.240. The lowest BCUT2D eigenvalue weighted by molar-refractivity contribution is -0.142. The van der Waals surface area contributed by atoms with Gasteiger partial charge in [0.2, 0.25) is 0 Å². The van der Waals surface area contributed by atoms with E-state index in [4.69, 9.17) is 9.84 Å². The summed E-state index contributed by atoms with van der Waals surface area (Å²) in [4.78, 5) is 21.5. The number of amides is 2. The number of hydrogen-bond donors (Lipinski definition) is 3. The molecule has 0 saturated heterocycles. The zero-order chi connectivity index (χ0) is 13.9. The van der Waals surface area contributed by atoms with Crippen molar-refractivity contribution in [2.45, 2.75) is 32.1 Å². The maximum Gasteiger partial charge on any atom is 0.329 e. The fourth-order valence-electron chi connectivity index (χ4n) is 1.93. The van der Waals surface area contributed by atoms with E-state index in [1.165, 1.54) is 18.4 Å². The van der Waals surface area contributed by atoms with Crippen LogP contribution in [0.4, 0.5) is 4.79 Å². The van der Waals surface area contributed by atoms with E-state index in [0.29, 0.717) is 13.1 Å². The van der Waals surface area contributed by atoms with Crippen LogP contribution in [-0.4, -0.2) is 43.4 Å². The molecule has 0 unspecified atom stereocenters. The fraction of sp³-hybridized carbons (Fsp3) is 0.692. The second-order valence-electron chi connectivity index (χ2n) is 4.49. The number of nitrogens with one attached hydrogen (secondary N) is 2. The van der Waals surface area contributed by atoms with Gasteiger partial charge < -0.3 is 20.5 Å². The zero-order valence-electron chi connectivity index (χ0n) is 11.1. The van der Waals surface area contributed by atoms with E-state index < -0.39 is 5.97 Å². The third kappa shape index (κ3) is 8.20. The lowest BCUT2D eigenvalue weighted by Crippen LogP contribution is -2.38. The third-order valence-corrected chi connectivity index (χ3v) is 2.87. The van der Waals surface area contributed by atoms with Gasteiger partial charge in [0, 0.05) is 13.1 Å². The van der Waals surface area contributed by atoms with Gasteiger partial charge in [0.25, 0.3) is 0 Å². The normalized spacial score (nSPS) is 14.6. The quantitative estimate of drug-likeness (QED) is 0.458. The number of ether oxygens (including phenoxy) is 1. The lowest BCUT2D eigenvalue weighted by atomic mass is 9.97. The predicted octanol–water partition coefficient (Wildman–Crippen LogP) is 1.28. The average Bonchev–Trinajstić information content (AvgIpc) is 2.39. The number of carbonyl (C=O) groups excluding carboxylic acids is 1. The Morgan fingerprint density at radius 3 is 2.74 bits per heavy atom. The summed E-state index contributed by atoms with van der Waals surface area (Å²) < 4.78 is 4.79. The van der Waals surface area contributed by atoms with Crippen LogP contribution in [0.1, 0.15) is 32.1 Å². The average molecular weight is 270 g/mol. The van der Waals surface area contributed by atoms with Crippen molar-refractivity contribution in [2.75, 3.05) is 26.3 Å². The van der Waals surface area contributed by atoms with Crippen LogP contribution < -0.4 is 10.6 Å². The summed E-state index contributed by atoms with van der Waals surface area (Å²) in [7, 11) is 0. The number of carboxylic acids is 1. The molecule has 6 nitrogen and oxygen atoms in total. The first kappa shape index (κ1) is 15.5. The predicted molar refractivity (Wildman–Crippen MR) is 71.0 cm³/mol. The van der Waals surface area contributed by atoms with Gasteiger partial charge in [-0.1, -0.05) is 11.6 Å². The molecule has 1 aliphatic rings. The molecule has 3 N–H and O–H groups in total. The number of urea groups is 1. The van der Waals surface area contributed by atoms with Gasteiger partial charge in [0.1, 0.15) is 6.61 Å². The highest BCUT2D eigenvalue weighted by atomic mass is 16.5. The van der Waals surface area contributed by atoms with E-state index in [9.17, 15) is 9.59 Å². The summed E-state index contributed by atoms with van der Waals surface area (Å²) in [5, 5.41) is 13.7. The van der Waals surface area contributed by atoms with Crippen LogP contribution >= 0.6 is 0 Å². The number of carboxylic acid groups (broad SMARTS) is 1. The smallest absolute Gasteiger partial charge is 0.329 e. The van der Waals surface area contributed by atoms with Crippen LogP contribution in [0.5, 0.6) is 0 Å². The Hall–Kier alpha value is -1.56. The molecule has 0 aromatic heterocycles.